The number of carbonyl (C=O) groups excluding carboxylic acids is 1. The summed E-state index contributed by atoms with van der Waals surface area (Å²) >= 11 is 0. The molecule has 18 heavy (non-hydrogen) atoms. The molecule has 5 nitrogen and oxygen atoms in total. The summed E-state index contributed by atoms with van der Waals surface area (Å²) in [5.41, 5.74) is 0.708. The lowest BCUT2D eigenvalue weighted by molar-refractivity contribution is 0.184. The molecule has 98 valence electrons. The Morgan fingerprint density at radius 3 is 3.22 bits per heavy atom. The van der Waals surface area contributed by atoms with Gasteiger partial charge in [-0.25, -0.2) is 4.79 Å². The number of urea groups is 1. The van der Waals surface area contributed by atoms with E-state index in [1.165, 1.54) is 0 Å². The van der Waals surface area contributed by atoms with Crippen LogP contribution in [0, 0.1) is 5.92 Å². The van der Waals surface area contributed by atoms with Crippen LogP contribution in [0.2, 0.25) is 0 Å². The molecule has 1 atom stereocenters. The summed E-state index contributed by atoms with van der Waals surface area (Å²) in [5, 5.41) is 5.57. The molecule has 2 rings (SSSR count). The first-order chi connectivity index (χ1) is 8.84. The van der Waals surface area contributed by atoms with Crippen molar-refractivity contribution < 1.29 is 9.53 Å². The highest BCUT2D eigenvalue weighted by Crippen LogP contribution is 2.17. The van der Waals surface area contributed by atoms with E-state index in [1.807, 2.05) is 6.07 Å². The van der Waals surface area contributed by atoms with E-state index in [2.05, 4.69) is 15.6 Å². The third-order valence-electron chi connectivity index (χ3n) is 3.02. The predicted molar refractivity (Wildman–Crippen MR) is 69.4 cm³/mol. The predicted octanol–water partition coefficient (Wildman–Crippen LogP) is 2.02. The number of pyridine rings is 1. The molecule has 0 radical (unpaired) electrons. The Hall–Kier alpha value is -1.62. The fourth-order valence-electron chi connectivity index (χ4n) is 2.02. The van der Waals surface area contributed by atoms with Gasteiger partial charge in [-0.3, -0.25) is 4.98 Å². The third kappa shape index (κ3) is 4.33. The number of hydrogen-bond donors (Lipinski definition) is 2. The molecule has 0 saturated carbocycles. The molecule has 1 aliphatic rings. The second kappa shape index (κ2) is 6.96. The average molecular weight is 249 g/mol. The molecule has 0 aromatic carbocycles. The van der Waals surface area contributed by atoms with Crippen molar-refractivity contribution in [2.24, 2.45) is 5.92 Å². The van der Waals surface area contributed by atoms with Gasteiger partial charge in [0.25, 0.3) is 0 Å². The Balaban J connectivity index is 1.57. The van der Waals surface area contributed by atoms with E-state index in [4.69, 9.17) is 4.74 Å². The molecule has 1 fully saturated rings. The van der Waals surface area contributed by atoms with Crippen molar-refractivity contribution in [1.29, 1.82) is 0 Å². The van der Waals surface area contributed by atoms with Gasteiger partial charge in [-0.2, -0.15) is 0 Å². The fraction of sp³-hybridized carbons (Fsp3) is 0.538. The maximum absolute atomic E-state index is 11.5. The van der Waals surface area contributed by atoms with Crippen LogP contribution in [-0.2, 0) is 4.74 Å². The highest BCUT2D eigenvalue weighted by Gasteiger charge is 2.14. The minimum atomic E-state index is -0.175. The molecular weight excluding hydrogens is 230 g/mol. The molecule has 0 bridgehead atoms. The van der Waals surface area contributed by atoms with Crippen LogP contribution in [0.15, 0.2) is 24.5 Å². The van der Waals surface area contributed by atoms with Crippen molar-refractivity contribution >= 4 is 11.7 Å². The zero-order valence-electron chi connectivity index (χ0n) is 10.4. The van der Waals surface area contributed by atoms with E-state index >= 15 is 0 Å². The molecule has 0 aliphatic carbocycles. The molecule has 0 spiro atoms. The van der Waals surface area contributed by atoms with Crippen LogP contribution in [0.25, 0.3) is 0 Å². The maximum Gasteiger partial charge on any atom is 0.319 e. The van der Waals surface area contributed by atoms with E-state index in [0.29, 0.717) is 18.2 Å². The fourth-order valence-corrected chi connectivity index (χ4v) is 2.02. The van der Waals surface area contributed by atoms with E-state index < -0.39 is 0 Å². The van der Waals surface area contributed by atoms with Gasteiger partial charge in [-0.15, -0.1) is 0 Å². The lowest BCUT2D eigenvalue weighted by Crippen LogP contribution is -2.29. The van der Waals surface area contributed by atoms with Gasteiger partial charge >= 0.3 is 6.03 Å². The first-order valence-corrected chi connectivity index (χ1v) is 6.37. The molecule has 5 heteroatoms. The summed E-state index contributed by atoms with van der Waals surface area (Å²) in [6.45, 7) is 2.46. The third-order valence-corrected chi connectivity index (χ3v) is 3.02. The van der Waals surface area contributed by atoms with Crippen LogP contribution >= 0.6 is 0 Å². The Kier molecular flexibility index (Phi) is 4.96. The van der Waals surface area contributed by atoms with Gasteiger partial charge in [0.15, 0.2) is 0 Å². The zero-order chi connectivity index (χ0) is 12.6. The molecular formula is C13H19N3O2. The van der Waals surface area contributed by atoms with Gasteiger partial charge in [0.1, 0.15) is 0 Å². The SMILES string of the molecule is O=C(NCCCC1CCOC1)Nc1cccnc1. The van der Waals surface area contributed by atoms with Crippen molar-refractivity contribution in [3.63, 3.8) is 0 Å². The topological polar surface area (TPSA) is 63.2 Å². The van der Waals surface area contributed by atoms with Crippen LogP contribution in [0.3, 0.4) is 0 Å². The summed E-state index contributed by atoms with van der Waals surface area (Å²) in [5.74, 6) is 0.674. The van der Waals surface area contributed by atoms with Gasteiger partial charge < -0.3 is 15.4 Å². The normalized spacial score (nSPS) is 18.6. The molecule has 1 unspecified atom stereocenters. The number of carbonyl (C=O) groups is 1. The van der Waals surface area contributed by atoms with E-state index in [0.717, 1.165) is 32.5 Å². The van der Waals surface area contributed by atoms with Crippen LogP contribution < -0.4 is 10.6 Å². The van der Waals surface area contributed by atoms with Crippen LogP contribution in [-0.4, -0.2) is 30.8 Å². The summed E-state index contributed by atoms with van der Waals surface area (Å²) < 4.78 is 5.31. The summed E-state index contributed by atoms with van der Waals surface area (Å²) in [6, 6.07) is 3.42. The Morgan fingerprint density at radius 1 is 1.56 bits per heavy atom. The number of amides is 2. The molecule has 1 saturated heterocycles. The van der Waals surface area contributed by atoms with Gasteiger partial charge in [-0.1, -0.05) is 0 Å². The van der Waals surface area contributed by atoms with Gasteiger partial charge in [0.2, 0.25) is 0 Å². The lowest BCUT2D eigenvalue weighted by Gasteiger charge is -2.09. The second-order valence-corrected chi connectivity index (χ2v) is 4.49. The number of hydrogen-bond acceptors (Lipinski definition) is 3. The van der Waals surface area contributed by atoms with Crippen molar-refractivity contribution in [3.05, 3.63) is 24.5 Å². The van der Waals surface area contributed by atoms with E-state index in [1.54, 1.807) is 18.5 Å². The van der Waals surface area contributed by atoms with Crippen molar-refractivity contribution in [1.82, 2.24) is 10.3 Å². The zero-order valence-corrected chi connectivity index (χ0v) is 10.4. The van der Waals surface area contributed by atoms with Gasteiger partial charge in [-0.05, 0) is 37.3 Å². The van der Waals surface area contributed by atoms with Crippen molar-refractivity contribution in [2.45, 2.75) is 19.3 Å². The molecule has 1 aromatic heterocycles. The number of ether oxygens (including phenoxy) is 1. The molecule has 2 heterocycles. The molecule has 1 aromatic rings. The number of nitrogens with one attached hydrogen (secondary N) is 2. The summed E-state index contributed by atoms with van der Waals surface area (Å²) in [7, 11) is 0. The summed E-state index contributed by atoms with van der Waals surface area (Å²) in [4.78, 5) is 15.5. The number of aromatic nitrogens is 1. The first-order valence-electron chi connectivity index (χ1n) is 6.37. The second-order valence-electron chi connectivity index (χ2n) is 4.49. The standard InChI is InChI=1S/C13H19N3O2/c17-13(16-12-4-2-6-14-9-12)15-7-1-3-11-5-8-18-10-11/h2,4,6,9,11H,1,3,5,7-8,10H2,(H2,15,16,17). The quantitative estimate of drug-likeness (QED) is 0.785. The number of rotatable bonds is 5. The summed E-state index contributed by atoms with van der Waals surface area (Å²) in [6.07, 6.45) is 6.56. The highest BCUT2D eigenvalue weighted by atomic mass is 16.5. The van der Waals surface area contributed by atoms with Gasteiger partial charge in [0.05, 0.1) is 11.9 Å². The van der Waals surface area contributed by atoms with E-state index in [-0.39, 0.29) is 6.03 Å². The maximum atomic E-state index is 11.5. The smallest absolute Gasteiger partial charge is 0.319 e. The number of anilines is 1. The number of nitrogens with zero attached hydrogens (tertiary/aromatic N) is 1. The van der Waals surface area contributed by atoms with Gasteiger partial charge in [0, 0.05) is 26.0 Å². The monoisotopic (exact) mass is 249 g/mol. The van der Waals surface area contributed by atoms with Crippen LogP contribution in [0.4, 0.5) is 10.5 Å². The Labute approximate surface area is 107 Å². The Bertz CT molecular complexity index is 364. The van der Waals surface area contributed by atoms with E-state index in [9.17, 15) is 4.79 Å². The molecule has 2 amide bonds. The Morgan fingerprint density at radius 2 is 2.50 bits per heavy atom. The highest BCUT2D eigenvalue weighted by molar-refractivity contribution is 5.88. The first kappa shape index (κ1) is 12.8. The van der Waals surface area contributed by atoms with Crippen molar-refractivity contribution in [3.8, 4) is 0 Å². The van der Waals surface area contributed by atoms with Crippen molar-refractivity contribution in [2.75, 3.05) is 25.1 Å². The lowest BCUT2D eigenvalue weighted by atomic mass is 10.0. The van der Waals surface area contributed by atoms with Crippen LogP contribution in [0.5, 0.6) is 0 Å². The average Bonchev–Trinajstić information content (AvgIpc) is 2.89. The largest absolute Gasteiger partial charge is 0.381 e. The minimum absolute atomic E-state index is 0.175. The molecule has 1 aliphatic heterocycles. The minimum Gasteiger partial charge on any atom is -0.381 e. The van der Waals surface area contributed by atoms with Crippen LogP contribution in [0.1, 0.15) is 19.3 Å². The molecule has 2 N–H and O–H groups in total.